The van der Waals surface area contributed by atoms with Gasteiger partial charge in [0.1, 0.15) is 0 Å². The highest BCUT2D eigenvalue weighted by Gasteiger charge is 2.28. The van der Waals surface area contributed by atoms with Gasteiger partial charge in [-0.05, 0) is 42.7 Å². The number of H-pyrrole nitrogens is 1. The van der Waals surface area contributed by atoms with E-state index < -0.39 is 5.69 Å². The van der Waals surface area contributed by atoms with Crippen molar-refractivity contribution in [1.29, 1.82) is 0 Å². The van der Waals surface area contributed by atoms with Gasteiger partial charge in [-0.15, -0.1) is 0 Å². The Morgan fingerprint density at radius 2 is 1.69 bits per heavy atom. The molecular weight excluding hydrogens is 404 g/mol. The van der Waals surface area contributed by atoms with Crippen molar-refractivity contribution in [1.82, 2.24) is 19.4 Å². The molecule has 1 aliphatic carbocycles. The zero-order chi connectivity index (χ0) is 22.1. The van der Waals surface area contributed by atoms with Crippen molar-refractivity contribution in [3.05, 3.63) is 80.5 Å². The van der Waals surface area contributed by atoms with Gasteiger partial charge in [-0.3, -0.25) is 24.0 Å². The molecule has 7 heteroatoms. The summed E-state index contributed by atoms with van der Waals surface area (Å²) >= 11 is 0. The minimum absolute atomic E-state index is 0.0385. The summed E-state index contributed by atoms with van der Waals surface area (Å²) in [6, 6.07) is 15.2. The maximum Gasteiger partial charge on any atom is 0.329 e. The van der Waals surface area contributed by atoms with E-state index in [4.69, 9.17) is 0 Å². The summed E-state index contributed by atoms with van der Waals surface area (Å²) in [7, 11) is 0. The van der Waals surface area contributed by atoms with Crippen molar-refractivity contribution in [2.45, 2.75) is 38.3 Å². The van der Waals surface area contributed by atoms with E-state index in [1.807, 2.05) is 35.2 Å². The number of rotatable bonds is 4. The number of carbonyl (C=O) groups is 1. The van der Waals surface area contributed by atoms with Crippen LogP contribution in [0.5, 0.6) is 0 Å². The minimum Gasteiger partial charge on any atom is -0.336 e. The monoisotopic (exact) mass is 432 g/mol. The van der Waals surface area contributed by atoms with E-state index in [1.54, 1.807) is 22.8 Å². The molecule has 2 heterocycles. The molecule has 1 aliphatic heterocycles. The lowest BCUT2D eigenvalue weighted by Gasteiger charge is -2.38. The van der Waals surface area contributed by atoms with Crippen LogP contribution in [0.4, 0.5) is 0 Å². The molecule has 1 aromatic heterocycles. The normalized spacial score (nSPS) is 17.8. The Balaban J connectivity index is 1.33. The smallest absolute Gasteiger partial charge is 0.329 e. The summed E-state index contributed by atoms with van der Waals surface area (Å²) in [5, 5.41) is 0.472. The molecule has 166 valence electrons. The average Bonchev–Trinajstić information content (AvgIpc) is 3.37. The Labute approximate surface area is 186 Å². The van der Waals surface area contributed by atoms with Crippen LogP contribution >= 0.6 is 0 Å². The molecule has 7 nitrogen and oxygen atoms in total. The SMILES string of the molecule is O=C(c1cccc(Cn2c(=O)[nH]c(=O)c3ccccc32)c1)N1CCN(C2CCCC2)CC1. The number of hydrogen-bond acceptors (Lipinski definition) is 4. The Bertz CT molecular complexity index is 1250. The largest absolute Gasteiger partial charge is 0.336 e. The van der Waals surface area contributed by atoms with Gasteiger partial charge >= 0.3 is 5.69 Å². The molecule has 1 amide bonds. The summed E-state index contributed by atoms with van der Waals surface area (Å²) in [4.78, 5) is 44.6. The number of hydrogen-bond donors (Lipinski definition) is 1. The summed E-state index contributed by atoms with van der Waals surface area (Å²) < 4.78 is 1.54. The third-order valence-electron chi connectivity index (χ3n) is 6.86. The third kappa shape index (κ3) is 4.00. The van der Waals surface area contributed by atoms with Gasteiger partial charge in [-0.2, -0.15) is 0 Å². The van der Waals surface area contributed by atoms with Crippen molar-refractivity contribution >= 4 is 16.8 Å². The lowest BCUT2D eigenvalue weighted by atomic mass is 10.1. The van der Waals surface area contributed by atoms with Gasteiger partial charge in [0.25, 0.3) is 11.5 Å². The van der Waals surface area contributed by atoms with E-state index in [-0.39, 0.29) is 18.0 Å². The van der Waals surface area contributed by atoms with Crippen LogP contribution in [0.3, 0.4) is 0 Å². The van der Waals surface area contributed by atoms with Gasteiger partial charge in [-0.25, -0.2) is 4.79 Å². The molecule has 0 bridgehead atoms. The van der Waals surface area contributed by atoms with E-state index >= 15 is 0 Å². The lowest BCUT2D eigenvalue weighted by Crippen LogP contribution is -2.51. The van der Waals surface area contributed by atoms with Crippen LogP contribution < -0.4 is 11.2 Å². The zero-order valence-corrected chi connectivity index (χ0v) is 18.1. The molecule has 5 rings (SSSR count). The first kappa shape index (κ1) is 20.7. The van der Waals surface area contributed by atoms with Gasteiger partial charge < -0.3 is 4.90 Å². The van der Waals surface area contributed by atoms with Crippen molar-refractivity contribution in [3.63, 3.8) is 0 Å². The number of benzene rings is 2. The molecule has 2 aliphatic rings. The molecular formula is C25H28N4O3. The van der Waals surface area contributed by atoms with Crippen LogP contribution in [0.25, 0.3) is 10.9 Å². The maximum atomic E-state index is 13.1. The van der Waals surface area contributed by atoms with E-state index in [0.29, 0.717) is 22.5 Å². The number of aromatic amines is 1. The number of amides is 1. The van der Waals surface area contributed by atoms with Crippen molar-refractivity contribution in [2.24, 2.45) is 0 Å². The summed E-state index contributed by atoms with van der Waals surface area (Å²) in [6.45, 7) is 3.67. The molecule has 0 spiro atoms. The van der Waals surface area contributed by atoms with Gasteiger partial charge in [0, 0.05) is 37.8 Å². The van der Waals surface area contributed by atoms with Gasteiger partial charge in [0.2, 0.25) is 0 Å². The Hall–Kier alpha value is -3.19. The lowest BCUT2D eigenvalue weighted by molar-refractivity contribution is 0.0573. The summed E-state index contributed by atoms with van der Waals surface area (Å²) in [5.41, 5.74) is 1.23. The van der Waals surface area contributed by atoms with Gasteiger partial charge in [0.05, 0.1) is 17.4 Å². The molecule has 1 saturated carbocycles. The number of nitrogens with zero attached hydrogens (tertiary/aromatic N) is 3. The van der Waals surface area contributed by atoms with Crippen LogP contribution in [0.1, 0.15) is 41.6 Å². The summed E-state index contributed by atoms with van der Waals surface area (Å²) in [5.74, 6) is 0.0385. The molecule has 2 aromatic carbocycles. The van der Waals surface area contributed by atoms with Crippen LogP contribution in [0.2, 0.25) is 0 Å². The molecule has 0 radical (unpaired) electrons. The highest BCUT2D eigenvalue weighted by Crippen LogP contribution is 2.24. The fourth-order valence-corrected chi connectivity index (χ4v) is 5.13. The van der Waals surface area contributed by atoms with Crippen molar-refractivity contribution in [3.8, 4) is 0 Å². The first-order chi connectivity index (χ1) is 15.6. The van der Waals surface area contributed by atoms with E-state index in [9.17, 15) is 14.4 Å². The van der Waals surface area contributed by atoms with Crippen LogP contribution in [-0.4, -0.2) is 57.5 Å². The minimum atomic E-state index is -0.450. The number of para-hydroxylation sites is 1. The number of nitrogens with one attached hydrogen (secondary N) is 1. The van der Waals surface area contributed by atoms with Crippen LogP contribution in [0, 0.1) is 0 Å². The molecule has 0 unspecified atom stereocenters. The number of fused-ring (bicyclic) bond motifs is 1. The number of piperazine rings is 1. The van der Waals surface area contributed by atoms with Crippen LogP contribution in [0.15, 0.2) is 58.1 Å². The molecule has 1 N–H and O–H groups in total. The van der Waals surface area contributed by atoms with Crippen molar-refractivity contribution in [2.75, 3.05) is 26.2 Å². The Morgan fingerprint density at radius 3 is 2.47 bits per heavy atom. The molecule has 0 atom stereocenters. The fraction of sp³-hybridized carbons (Fsp3) is 0.400. The standard InChI is InChI=1S/C25H28N4O3/c30-23-21-10-3-4-11-22(21)29(25(32)26-23)17-18-6-5-7-19(16-18)24(31)28-14-12-27(13-15-28)20-8-1-2-9-20/h3-7,10-11,16,20H,1-2,8-9,12-15,17H2,(H,26,30,32). The van der Waals surface area contributed by atoms with Crippen LogP contribution in [-0.2, 0) is 6.54 Å². The zero-order valence-electron chi connectivity index (χ0n) is 18.1. The van der Waals surface area contributed by atoms with E-state index in [2.05, 4.69) is 9.88 Å². The van der Waals surface area contributed by atoms with Gasteiger partial charge in [0.15, 0.2) is 0 Å². The van der Waals surface area contributed by atoms with E-state index in [0.717, 1.165) is 31.7 Å². The fourth-order valence-electron chi connectivity index (χ4n) is 5.13. The molecule has 2 fully saturated rings. The predicted molar refractivity (Wildman–Crippen MR) is 124 cm³/mol. The molecule has 32 heavy (non-hydrogen) atoms. The van der Waals surface area contributed by atoms with Crippen molar-refractivity contribution < 1.29 is 4.79 Å². The average molecular weight is 433 g/mol. The summed E-state index contributed by atoms with van der Waals surface area (Å²) in [6.07, 6.45) is 5.22. The Morgan fingerprint density at radius 1 is 0.938 bits per heavy atom. The highest BCUT2D eigenvalue weighted by atomic mass is 16.2. The predicted octanol–water partition coefficient (Wildman–Crippen LogP) is 2.44. The highest BCUT2D eigenvalue weighted by molar-refractivity contribution is 5.94. The molecule has 1 saturated heterocycles. The quantitative estimate of drug-likeness (QED) is 0.687. The third-order valence-corrected chi connectivity index (χ3v) is 6.86. The second-order valence-corrected chi connectivity index (χ2v) is 8.83. The second-order valence-electron chi connectivity index (χ2n) is 8.83. The second kappa shape index (κ2) is 8.74. The first-order valence-corrected chi connectivity index (χ1v) is 11.4. The topological polar surface area (TPSA) is 78.4 Å². The van der Waals surface area contributed by atoms with Gasteiger partial charge in [-0.1, -0.05) is 37.1 Å². The molecule has 3 aromatic rings. The maximum absolute atomic E-state index is 13.1. The number of aromatic nitrogens is 2. The first-order valence-electron chi connectivity index (χ1n) is 11.4. The number of carbonyl (C=O) groups excluding carboxylic acids is 1. The Kier molecular flexibility index (Phi) is 5.66. The van der Waals surface area contributed by atoms with E-state index in [1.165, 1.54) is 25.7 Å².